The summed E-state index contributed by atoms with van der Waals surface area (Å²) < 4.78 is 5.56. The van der Waals surface area contributed by atoms with Crippen molar-refractivity contribution in [3.8, 4) is 0 Å². The van der Waals surface area contributed by atoms with Crippen LogP contribution in [0.5, 0.6) is 0 Å². The second-order valence-electron chi connectivity index (χ2n) is 5.72. The quantitative estimate of drug-likeness (QED) is 0.341. The number of ether oxygens (including phenoxy) is 1. The lowest BCUT2D eigenvalue weighted by Crippen LogP contribution is -1.88. The summed E-state index contributed by atoms with van der Waals surface area (Å²) in [6.07, 6.45) is 0.276. The fourth-order valence-electron chi connectivity index (χ4n) is 3.38. The molecule has 0 bridgehead atoms. The van der Waals surface area contributed by atoms with Gasteiger partial charge in [0.2, 0.25) is 0 Å². The maximum absolute atomic E-state index is 5.56. The highest BCUT2D eigenvalue weighted by molar-refractivity contribution is 6.18. The summed E-state index contributed by atoms with van der Waals surface area (Å²) in [6.45, 7) is 0.847. The lowest BCUT2D eigenvalue weighted by Gasteiger charge is -2.11. The van der Waals surface area contributed by atoms with Crippen molar-refractivity contribution in [2.75, 3.05) is 6.61 Å². The van der Waals surface area contributed by atoms with Gasteiger partial charge in [0.05, 0.1) is 6.61 Å². The Morgan fingerprint density at radius 1 is 0.667 bits per heavy atom. The molecule has 1 atom stereocenters. The second-order valence-corrected chi connectivity index (χ2v) is 5.72. The Balaban J connectivity index is 2.05. The third kappa shape index (κ3) is 1.61. The SMILES string of the molecule is c1ccc2c(c1)ccc1c3ccccc3c(C3CO3)cc21. The van der Waals surface area contributed by atoms with Gasteiger partial charge in [-0.25, -0.2) is 0 Å². The maximum atomic E-state index is 5.56. The van der Waals surface area contributed by atoms with Crippen LogP contribution in [0.2, 0.25) is 0 Å². The first-order valence-corrected chi connectivity index (χ1v) is 7.36. The van der Waals surface area contributed by atoms with Gasteiger partial charge < -0.3 is 4.74 Å². The van der Waals surface area contributed by atoms with E-state index in [0.717, 1.165) is 6.61 Å². The molecular formula is C20H14O. The molecule has 5 rings (SSSR count). The van der Waals surface area contributed by atoms with Crippen molar-refractivity contribution in [2.24, 2.45) is 0 Å². The summed E-state index contributed by atoms with van der Waals surface area (Å²) >= 11 is 0. The summed E-state index contributed by atoms with van der Waals surface area (Å²) in [4.78, 5) is 0. The Hall–Kier alpha value is -2.38. The van der Waals surface area contributed by atoms with Crippen LogP contribution in [0.3, 0.4) is 0 Å². The minimum Gasteiger partial charge on any atom is -0.368 e. The Morgan fingerprint density at radius 3 is 2.14 bits per heavy atom. The minimum absolute atomic E-state index is 0.276. The van der Waals surface area contributed by atoms with Gasteiger partial charge in [0.1, 0.15) is 6.10 Å². The van der Waals surface area contributed by atoms with Crippen LogP contribution in [0.4, 0.5) is 0 Å². The van der Waals surface area contributed by atoms with Gasteiger partial charge in [0.25, 0.3) is 0 Å². The summed E-state index contributed by atoms with van der Waals surface area (Å²) in [7, 11) is 0. The molecule has 100 valence electrons. The first-order valence-electron chi connectivity index (χ1n) is 7.36. The zero-order valence-corrected chi connectivity index (χ0v) is 11.5. The first kappa shape index (κ1) is 11.3. The summed E-state index contributed by atoms with van der Waals surface area (Å²) in [6, 6.07) is 24.1. The van der Waals surface area contributed by atoms with E-state index < -0.39 is 0 Å². The van der Waals surface area contributed by atoms with Crippen LogP contribution < -0.4 is 0 Å². The van der Waals surface area contributed by atoms with Crippen LogP contribution in [0.25, 0.3) is 32.3 Å². The molecule has 0 aliphatic carbocycles. The van der Waals surface area contributed by atoms with Crippen LogP contribution in [-0.2, 0) is 4.74 Å². The van der Waals surface area contributed by atoms with Gasteiger partial charge >= 0.3 is 0 Å². The van der Waals surface area contributed by atoms with E-state index in [1.54, 1.807) is 0 Å². The molecule has 4 aromatic carbocycles. The number of hydrogen-bond donors (Lipinski definition) is 0. The highest BCUT2D eigenvalue weighted by Gasteiger charge is 2.27. The fraction of sp³-hybridized carbons (Fsp3) is 0.100. The van der Waals surface area contributed by atoms with Crippen molar-refractivity contribution >= 4 is 32.3 Å². The lowest BCUT2D eigenvalue weighted by molar-refractivity contribution is 0.417. The van der Waals surface area contributed by atoms with Gasteiger partial charge in [0, 0.05) is 0 Å². The largest absolute Gasteiger partial charge is 0.368 e. The van der Waals surface area contributed by atoms with Gasteiger partial charge in [-0.15, -0.1) is 0 Å². The van der Waals surface area contributed by atoms with Crippen molar-refractivity contribution in [3.05, 3.63) is 72.3 Å². The number of rotatable bonds is 1. The van der Waals surface area contributed by atoms with Crippen LogP contribution in [-0.4, -0.2) is 6.61 Å². The van der Waals surface area contributed by atoms with Gasteiger partial charge in [-0.2, -0.15) is 0 Å². The van der Waals surface area contributed by atoms with Crippen molar-refractivity contribution in [3.63, 3.8) is 0 Å². The molecule has 0 saturated carbocycles. The molecule has 0 N–H and O–H groups in total. The average Bonchev–Trinajstić information content (AvgIpc) is 3.38. The molecular weight excluding hydrogens is 256 g/mol. The Bertz CT molecular complexity index is 996. The van der Waals surface area contributed by atoms with Crippen molar-refractivity contribution in [1.29, 1.82) is 0 Å². The monoisotopic (exact) mass is 270 g/mol. The normalized spacial score (nSPS) is 17.6. The molecule has 1 heterocycles. The smallest absolute Gasteiger partial charge is 0.107 e. The molecule has 1 aliphatic rings. The zero-order valence-electron chi connectivity index (χ0n) is 11.5. The van der Waals surface area contributed by atoms with Crippen LogP contribution in [0, 0.1) is 0 Å². The van der Waals surface area contributed by atoms with E-state index in [4.69, 9.17) is 4.74 Å². The van der Waals surface area contributed by atoms with Gasteiger partial charge in [0.15, 0.2) is 0 Å². The van der Waals surface area contributed by atoms with Crippen molar-refractivity contribution < 1.29 is 4.74 Å². The molecule has 4 aromatic rings. The van der Waals surface area contributed by atoms with E-state index in [9.17, 15) is 0 Å². The van der Waals surface area contributed by atoms with Gasteiger partial charge in [-0.05, 0) is 43.9 Å². The van der Waals surface area contributed by atoms with Crippen LogP contribution >= 0.6 is 0 Å². The molecule has 21 heavy (non-hydrogen) atoms. The molecule has 0 radical (unpaired) electrons. The lowest BCUT2D eigenvalue weighted by atomic mass is 9.93. The van der Waals surface area contributed by atoms with E-state index >= 15 is 0 Å². The number of benzene rings is 4. The van der Waals surface area contributed by atoms with Gasteiger partial charge in [-0.1, -0.05) is 60.7 Å². The van der Waals surface area contributed by atoms with Crippen molar-refractivity contribution in [1.82, 2.24) is 0 Å². The predicted octanol–water partition coefficient (Wildman–Crippen LogP) is 5.22. The molecule has 1 aliphatic heterocycles. The zero-order chi connectivity index (χ0) is 13.8. The molecule has 0 spiro atoms. The highest BCUT2D eigenvalue weighted by atomic mass is 16.6. The molecule has 1 unspecified atom stereocenters. The highest BCUT2D eigenvalue weighted by Crippen LogP contribution is 2.40. The second kappa shape index (κ2) is 4.06. The molecule has 0 amide bonds. The van der Waals surface area contributed by atoms with E-state index in [0.29, 0.717) is 0 Å². The number of epoxide rings is 1. The number of fused-ring (bicyclic) bond motifs is 5. The van der Waals surface area contributed by atoms with E-state index in [1.165, 1.54) is 37.9 Å². The fourth-order valence-corrected chi connectivity index (χ4v) is 3.38. The molecule has 0 aromatic heterocycles. The summed E-state index contributed by atoms with van der Waals surface area (Å²) in [5.41, 5.74) is 1.33. The average molecular weight is 270 g/mol. The maximum Gasteiger partial charge on any atom is 0.107 e. The summed E-state index contributed by atoms with van der Waals surface area (Å²) in [5, 5.41) is 7.92. The first-order chi connectivity index (χ1) is 10.4. The van der Waals surface area contributed by atoms with E-state index in [1.807, 2.05) is 0 Å². The third-order valence-corrected chi connectivity index (χ3v) is 4.48. The van der Waals surface area contributed by atoms with E-state index in [2.05, 4.69) is 66.7 Å². The van der Waals surface area contributed by atoms with Gasteiger partial charge in [-0.3, -0.25) is 0 Å². The number of hydrogen-bond acceptors (Lipinski definition) is 1. The topological polar surface area (TPSA) is 12.5 Å². The van der Waals surface area contributed by atoms with Crippen LogP contribution in [0.15, 0.2) is 66.7 Å². The minimum atomic E-state index is 0.276. The Labute approximate surface area is 122 Å². The Morgan fingerprint density at radius 2 is 1.33 bits per heavy atom. The van der Waals surface area contributed by atoms with Crippen molar-refractivity contribution in [2.45, 2.75) is 6.10 Å². The molecule has 1 saturated heterocycles. The van der Waals surface area contributed by atoms with E-state index in [-0.39, 0.29) is 6.10 Å². The molecule has 1 nitrogen and oxygen atoms in total. The predicted molar refractivity (Wildman–Crippen MR) is 87.7 cm³/mol. The molecule has 1 fully saturated rings. The molecule has 1 heteroatoms. The summed E-state index contributed by atoms with van der Waals surface area (Å²) in [5.74, 6) is 0. The standard InChI is InChI=1S/C20H14O/c1-2-6-14-13(5-1)9-10-17-15-7-3-4-8-16(15)19(11-18(14)17)20-12-21-20/h1-11,20H,12H2. The van der Waals surface area contributed by atoms with Crippen LogP contribution in [0.1, 0.15) is 11.7 Å². The third-order valence-electron chi connectivity index (χ3n) is 4.48. The Kier molecular flexibility index (Phi) is 2.18.